The second-order valence-electron chi connectivity index (χ2n) is 21.1. The number of nitrogens with one attached hydrogen (secondary N) is 2. The number of pyridine rings is 1. The lowest BCUT2D eigenvalue weighted by atomic mass is 9.83. The van der Waals surface area contributed by atoms with Crippen LogP contribution in [0.2, 0.25) is 0 Å². The Morgan fingerprint density at radius 1 is 0.824 bits per heavy atom. The van der Waals surface area contributed by atoms with E-state index in [1.165, 1.54) is 24.2 Å². The van der Waals surface area contributed by atoms with Crippen LogP contribution in [-0.2, 0) is 29.6 Å². The summed E-state index contributed by atoms with van der Waals surface area (Å²) < 4.78 is 9.64. The van der Waals surface area contributed by atoms with Crippen molar-refractivity contribution in [1.82, 2.24) is 30.0 Å². The number of rotatable bonds is 13. The molecule has 0 spiro atoms. The van der Waals surface area contributed by atoms with Gasteiger partial charge >= 0.3 is 5.97 Å². The summed E-state index contributed by atoms with van der Waals surface area (Å²) in [4.78, 5) is 67.7. The van der Waals surface area contributed by atoms with Crippen LogP contribution in [0.1, 0.15) is 101 Å². The highest BCUT2D eigenvalue weighted by molar-refractivity contribution is 7.22. The number of para-hydroxylation sites is 2. The number of carboxylic acids is 1. The molecule has 2 unspecified atom stereocenters. The number of imide groups is 1. The molecule has 5 aliphatic rings. The van der Waals surface area contributed by atoms with Crippen molar-refractivity contribution >= 4 is 72.8 Å². The highest BCUT2D eigenvalue weighted by Gasteiger charge is 2.41. The number of benzene rings is 4. The minimum atomic E-state index is -1.10. The molecule has 16 heteroatoms. The fraction of sp³-hybridized carbons (Fsp3) is 0.397. The van der Waals surface area contributed by atoms with Crippen LogP contribution >= 0.6 is 11.3 Å². The van der Waals surface area contributed by atoms with Crippen molar-refractivity contribution in [3.63, 3.8) is 0 Å². The van der Waals surface area contributed by atoms with E-state index in [0.717, 1.165) is 131 Å². The first-order valence-electron chi connectivity index (χ1n) is 26.3. The zero-order chi connectivity index (χ0) is 50.6. The average molecular weight is 1010 g/mol. The predicted octanol–water partition coefficient (Wildman–Crippen LogP) is 9.37. The van der Waals surface area contributed by atoms with Crippen molar-refractivity contribution in [3.05, 3.63) is 125 Å². The number of carbonyl (C=O) groups excluding carboxylic acids is 3. The first-order chi connectivity index (χ1) is 36.0. The number of ether oxygens (including phenoxy) is 1. The molecule has 15 nitrogen and oxygen atoms in total. The van der Waals surface area contributed by atoms with Gasteiger partial charge in [0.2, 0.25) is 11.8 Å². The summed E-state index contributed by atoms with van der Waals surface area (Å²) in [7, 11) is 1.95. The lowest BCUT2D eigenvalue weighted by molar-refractivity contribution is -0.134. The molecular weight excluding hydrogens is 951 g/mol. The smallest absolute Gasteiger partial charge is 0.355 e. The number of fused-ring (bicyclic) bond motifs is 3. The molecule has 3 aliphatic heterocycles. The van der Waals surface area contributed by atoms with Gasteiger partial charge in [-0.15, -0.1) is 0 Å². The van der Waals surface area contributed by atoms with Gasteiger partial charge in [-0.3, -0.25) is 34.6 Å². The van der Waals surface area contributed by atoms with E-state index >= 15 is 0 Å². The molecule has 0 bridgehead atoms. The van der Waals surface area contributed by atoms with Crippen molar-refractivity contribution in [2.75, 3.05) is 54.4 Å². The molecule has 2 aliphatic carbocycles. The van der Waals surface area contributed by atoms with Crippen molar-refractivity contribution in [1.29, 1.82) is 0 Å². The monoisotopic (exact) mass is 1010 g/mol. The van der Waals surface area contributed by atoms with E-state index in [1.807, 2.05) is 85.4 Å². The third-order valence-electron chi connectivity index (χ3n) is 16.5. The Morgan fingerprint density at radius 2 is 1.64 bits per heavy atom. The van der Waals surface area contributed by atoms with Gasteiger partial charge < -0.3 is 19.6 Å². The van der Waals surface area contributed by atoms with E-state index in [-0.39, 0.29) is 29.5 Å². The number of piperazine rings is 1. The van der Waals surface area contributed by atoms with E-state index in [0.29, 0.717) is 60.3 Å². The number of aryl methyl sites for hydroxylation is 1. The minimum absolute atomic E-state index is 0.0151. The number of carbonyl (C=O) groups is 4. The van der Waals surface area contributed by atoms with Gasteiger partial charge in [-0.1, -0.05) is 59.9 Å². The third-order valence-corrected chi connectivity index (χ3v) is 17.4. The van der Waals surface area contributed by atoms with Crippen molar-refractivity contribution in [2.24, 2.45) is 24.8 Å². The van der Waals surface area contributed by atoms with Gasteiger partial charge in [-0.25, -0.2) is 14.8 Å². The number of piperidine rings is 1. The van der Waals surface area contributed by atoms with E-state index in [9.17, 15) is 24.3 Å². The fourth-order valence-corrected chi connectivity index (χ4v) is 13.2. The summed E-state index contributed by atoms with van der Waals surface area (Å²) in [6.07, 6.45) is 8.55. The first kappa shape index (κ1) is 47.8. The predicted molar refractivity (Wildman–Crippen MR) is 287 cm³/mol. The molecule has 12 rings (SSSR count). The zero-order valence-electron chi connectivity index (χ0n) is 41.9. The number of amides is 3. The molecule has 3 amide bonds. The van der Waals surface area contributed by atoms with Crippen molar-refractivity contribution in [2.45, 2.75) is 83.3 Å². The van der Waals surface area contributed by atoms with E-state index in [1.54, 1.807) is 0 Å². The number of thiazole rings is 1. The number of hydrogen-bond acceptors (Lipinski definition) is 12. The van der Waals surface area contributed by atoms with Crippen LogP contribution in [0.3, 0.4) is 0 Å². The highest BCUT2D eigenvalue weighted by Crippen LogP contribution is 2.47. The van der Waals surface area contributed by atoms with Crippen LogP contribution in [0.4, 0.5) is 16.6 Å². The second kappa shape index (κ2) is 19.9. The lowest BCUT2D eigenvalue weighted by Crippen LogP contribution is -2.47. The number of aromatic carboxylic acids is 1. The Balaban J connectivity index is 0.630. The summed E-state index contributed by atoms with van der Waals surface area (Å²) in [6, 6.07) is 29.5. The number of aromatic nitrogens is 4. The van der Waals surface area contributed by atoms with Gasteiger partial charge in [0, 0.05) is 75.8 Å². The summed E-state index contributed by atoms with van der Waals surface area (Å²) in [6.45, 7) is 8.14. The van der Waals surface area contributed by atoms with Gasteiger partial charge in [0.1, 0.15) is 11.6 Å². The Hall–Kier alpha value is -7.17. The van der Waals surface area contributed by atoms with Crippen molar-refractivity contribution < 1.29 is 29.0 Å². The highest BCUT2D eigenvalue weighted by atomic mass is 32.1. The molecule has 380 valence electrons. The maximum absolute atomic E-state index is 13.7. The van der Waals surface area contributed by atoms with Crippen LogP contribution in [0.25, 0.3) is 32.2 Å². The largest absolute Gasteiger partial charge is 0.490 e. The quantitative estimate of drug-likeness (QED) is 0.0936. The summed E-state index contributed by atoms with van der Waals surface area (Å²) in [5.41, 5.74) is 8.58. The van der Waals surface area contributed by atoms with E-state index in [4.69, 9.17) is 14.8 Å². The van der Waals surface area contributed by atoms with E-state index in [2.05, 4.69) is 54.6 Å². The average Bonchev–Trinajstić information content (AvgIpc) is 3.84. The topological polar surface area (TPSA) is 175 Å². The Labute approximate surface area is 433 Å². The number of nitrogens with zero attached hydrogens (tertiary/aromatic N) is 7. The molecule has 3 aromatic heterocycles. The Morgan fingerprint density at radius 3 is 2.45 bits per heavy atom. The molecule has 7 aromatic rings. The summed E-state index contributed by atoms with van der Waals surface area (Å²) in [5, 5.41) is 22.4. The van der Waals surface area contributed by atoms with Crippen LogP contribution in [-0.4, -0.2) is 98.8 Å². The van der Waals surface area contributed by atoms with Crippen molar-refractivity contribution in [3.8, 4) is 16.9 Å². The molecule has 6 heterocycles. The first-order valence-corrected chi connectivity index (χ1v) is 27.1. The molecule has 2 saturated heterocycles. The van der Waals surface area contributed by atoms with Crippen LogP contribution in [0.15, 0.2) is 91.0 Å². The summed E-state index contributed by atoms with van der Waals surface area (Å²) in [5.74, 6) is 1.39. The molecule has 3 N–H and O–H groups in total. The van der Waals surface area contributed by atoms with Gasteiger partial charge in [0.25, 0.3) is 5.91 Å². The minimum Gasteiger partial charge on any atom is -0.490 e. The van der Waals surface area contributed by atoms with Crippen LogP contribution in [0.5, 0.6) is 5.75 Å². The molecule has 0 radical (unpaired) electrons. The molecule has 3 atom stereocenters. The Bertz CT molecular complexity index is 3300. The number of anilines is 3. The van der Waals surface area contributed by atoms with Gasteiger partial charge in [-0.2, -0.15) is 5.10 Å². The lowest BCUT2D eigenvalue weighted by Gasteiger charge is -2.36. The van der Waals surface area contributed by atoms with Crippen LogP contribution in [0, 0.1) is 24.7 Å². The molecule has 4 fully saturated rings. The van der Waals surface area contributed by atoms with E-state index < -0.39 is 11.9 Å². The van der Waals surface area contributed by atoms with Gasteiger partial charge in [-0.05, 0) is 141 Å². The zero-order valence-corrected chi connectivity index (χ0v) is 42.7. The molecular formula is C58H61N9O6S. The second-order valence-corrected chi connectivity index (χ2v) is 22.1. The fourth-order valence-electron chi connectivity index (χ4n) is 12.3. The third kappa shape index (κ3) is 9.49. The van der Waals surface area contributed by atoms with Gasteiger partial charge in [0.05, 0.1) is 39.1 Å². The molecule has 74 heavy (non-hydrogen) atoms. The number of carboxylic acid groups (broad SMARTS) is 1. The van der Waals surface area contributed by atoms with Crippen LogP contribution < -0.4 is 25.2 Å². The standard InChI is InChI=1S/C58H61N9O6S/c1-34-40(41-20-22-50(60-53(41)57(71)72)67-25-24-36-8-5-10-42(45(36)33-67)55(69)62-58-59-46-12-3-4-15-49(46)74-58)9-7-14-48(34)73-39-18-16-35(17-19-39)30-37-31-38(37)32-65-26-28-66(29-27-65)47-13-6-11-43-52(63-64(2)54(43)47)44-21-23-51(68)61-56(44)70/h3-15,20,22,35,37-39,44H,16-19,21,23-33H2,1-2H3,(H,71,72)(H,59,62,69)(H,61,68,70)/t35?,37-,38?,39?,44?/m1/s1. The maximum Gasteiger partial charge on any atom is 0.355 e. The SMILES string of the molecule is Cc1c(OC2CCC(C[C@@H]3CC3CN3CCN(c4cccc5c(C6CCC(=O)NC6=O)nn(C)c45)CC3)CC2)cccc1-c1ccc(N2CCc3cccc(C(=O)Nc4nc5ccccc5s4)c3C2)nc1C(=O)O. The van der Waals surface area contributed by atoms with Gasteiger partial charge in [0.15, 0.2) is 10.8 Å². The number of hydrogen-bond donors (Lipinski definition) is 3. The normalized spacial score (nSPS) is 22.2. The molecule has 2 saturated carbocycles. The maximum atomic E-state index is 13.7. The summed E-state index contributed by atoms with van der Waals surface area (Å²) >= 11 is 1.44. The Kier molecular flexibility index (Phi) is 12.9. The molecule has 4 aromatic carbocycles.